The van der Waals surface area contributed by atoms with E-state index in [4.69, 9.17) is 9.47 Å². The molecule has 0 amide bonds. The summed E-state index contributed by atoms with van der Waals surface area (Å²) in [5.41, 5.74) is 0. The summed E-state index contributed by atoms with van der Waals surface area (Å²) in [5.74, 6) is 0. The molecular formula is C9H8N6O3. The lowest BCUT2D eigenvalue weighted by Gasteiger charge is -2.06. The largest absolute Gasteiger partial charge is 0.524 e. The summed E-state index contributed by atoms with van der Waals surface area (Å²) >= 11 is 0. The summed E-state index contributed by atoms with van der Waals surface area (Å²) in [7, 11) is 0. The monoisotopic (exact) mass is 248 g/mol. The summed E-state index contributed by atoms with van der Waals surface area (Å²) in [6, 6.07) is -0.119. The molecule has 0 spiro atoms. The Kier molecular flexibility index (Phi) is 3.80. The molecular weight excluding hydrogens is 240 g/mol. The molecule has 2 N–H and O–H groups in total. The molecule has 9 heteroatoms. The third-order valence-electron chi connectivity index (χ3n) is 1.57. The smallest absolute Gasteiger partial charge is 0.359 e. The second-order valence-electron chi connectivity index (χ2n) is 2.76. The summed E-state index contributed by atoms with van der Waals surface area (Å²) in [5, 5.41) is 5.07. The number of hydrogen-bond acceptors (Lipinski definition) is 9. The van der Waals surface area contributed by atoms with Crippen LogP contribution in [0.3, 0.4) is 0 Å². The zero-order valence-corrected chi connectivity index (χ0v) is 8.98. The van der Waals surface area contributed by atoms with E-state index in [9.17, 15) is 4.79 Å². The van der Waals surface area contributed by atoms with Crippen LogP contribution in [0.2, 0.25) is 0 Å². The molecule has 9 nitrogen and oxygen atoms in total. The van der Waals surface area contributed by atoms with Gasteiger partial charge in [-0.2, -0.15) is 0 Å². The maximum atomic E-state index is 11.4. The number of nitrogens with one attached hydrogen (secondary N) is 2. The number of carbonyl (C=O) groups is 1. The van der Waals surface area contributed by atoms with E-state index in [-0.39, 0.29) is 12.0 Å². The highest BCUT2D eigenvalue weighted by Gasteiger charge is 2.13. The molecule has 0 radical (unpaired) electrons. The van der Waals surface area contributed by atoms with Crippen molar-refractivity contribution in [3.05, 3.63) is 24.8 Å². The molecule has 0 aliphatic carbocycles. The maximum absolute atomic E-state index is 11.4. The Morgan fingerprint density at radius 1 is 0.889 bits per heavy atom. The first-order chi connectivity index (χ1) is 8.84. The van der Waals surface area contributed by atoms with Crippen molar-refractivity contribution >= 4 is 30.9 Å². The Morgan fingerprint density at radius 3 is 1.89 bits per heavy atom. The molecule has 2 heterocycles. The van der Waals surface area contributed by atoms with Crippen LogP contribution in [0.15, 0.2) is 44.8 Å². The van der Waals surface area contributed by atoms with Crippen molar-refractivity contribution in [3.8, 4) is 0 Å². The van der Waals surface area contributed by atoms with E-state index in [2.05, 4.69) is 30.6 Å². The van der Waals surface area contributed by atoms with Crippen LogP contribution >= 0.6 is 0 Å². The minimum atomic E-state index is -1.00. The van der Waals surface area contributed by atoms with Gasteiger partial charge in [-0.25, -0.2) is 24.8 Å². The fourth-order valence-electron chi connectivity index (χ4n) is 0.915. The molecule has 2 aliphatic heterocycles. The molecule has 0 saturated heterocycles. The normalized spacial score (nSPS) is 16.7. The van der Waals surface area contributed by atoms with Crippen LogP contribution in [-0.4, -0.2) is 30.9 Å². The van der Waals surface area contributed by atoms with Gasteiger partial charge in [0.2, 0.25) is 0 Å². The second-order valence-corrected chi connectivity index (χ2v) is 2.76. The van der Waals surface area contributed by atoms with Crippen LogP contribution in [0.4, 0.5) is 4.79 Å². The van der Waals surface area contributed by atoms with Gasteiger partial charge < -0.3 is 9.47 Å². The van der Waals surface area contributed by atoms with E-state index in [1.165, 1.54) is 37.5 Å². The van der Waals surface area contributed by atoms with Crippen LogP contribution in [0, 0.1) is 0 Å². The lowest BCUT2D eigenvalue weighted by molar-refractivity contribution is 0.141. The van der Waals surface area contributed by atoms with Crippen molar-refractivity contribution in [1.29, 1.82) is 0 Å². The number of amidine groups is 2. The first-order valence-corrected chi connectivity index (χ1v) is 4.76. The van der Waals surface area contributed by atoms with E-state index >= 15 is 0 Å². The van der Waals surface area contributed by atoms with Gasteiger partial charge in [-0.15, -0.1) is 0 Å². The van der Waals surface area contributed by atoms with Crippen LogP contribution < -0.4 is 10.6 Å². The molecule has 0 bridgehead atoms. The summed E-state index contributed by atoms with van der Waals surface area (Å²) in [6.45, 7) is 0. The molecule has 0 aromatic carbocycles. The van der Waals surface area contributed by atoms with Crippen molar-refractivity contribution in [3.63, 3.8) is 0 Å². The number of carbonyl (C=O) groups excluding carboxylic acids is 1. The fourth-order valence-corrected chi connectivity index (χ4v) is 0.915. The minimum Gasteiger partial charge on any atom is -0.359 e. The van der Waals surface area contributed by atoms with Gasteiger partial charge in [0.25, 0.3) is 0 Å². The summed E-state index contributed by atoms with van der Waals surface area (Å²) in [4.78, 5) is 26.3. The summed E-state index contributed by atoms with van der Waals surface area (Å²) < 4.78 is 9.52. The van der Waals surface area contributed by atoms with Crippen molar-refractivity contribution in [2.45, 2.75) is 0 Å². The number of ether oxygens (including phenoxy) is 2. The standard InChI is InChI=1S/C9H8N6O3/c16-9(17-7-12-3-1-10-5-14-7)18-8-13-4-2-11-6-15-8/h1-6H,(H,10,12,14)(H,11,13,15). The highest BCUT2D eigenvalue weighted by Crippen LogP contribution is 1.93. The van der Waals surface area contributed by atoms with Gasteiger partial charge in [0.15, 0.2) is 0 Å². The van der Waals surface area contributed by atoms with Crippen molar-refractivity contribution < 1.29 is 14.3 Å². The molecule has 0 fully saturated rings. The molecule has 0 atom stereocenters. The fraction of sp³-hybridized carbons (Fsp3) is 0. The molecule has 2 aliphatic rings. The molecule has 0 aromatic rings. The third kappa shape index (κ3) is 3.56. The van der Waals surface area contributed by atoms with Crippen LogP contribution in [0.5, 0.6) is 0 Å². The van der Waals surface area contributed by atoms with Gasteiger partial charge in [-0.05, 0) is 0 Å². The SMILES string of the molecule is O=C(OC1=NC=CN=CN1)OC1=NC=CN=CN1. The first-order valence-electron chi connectivity index (χ1n) is 4.76. The van der Waals surface area contributed by atoms with Gasteiger partial charge in [0.1, 0.15) is 0 Å². The van der Waals surface area contributed by atoms with E-state index in [0.29, 0.717) is 0 Å². The number of rotatable bonds is 0. The van der Waals surface area contributed by atoms with Gasteiger partial charge in [-0.1, -0.05) is 0 Å². The second kappa shape index (κ2) is 5.94. The van der Waals surface area contributed by atoms with Gasteiger partial charge >= 0.3 is 18.2 Å². The molecule has 18 heavy (non-hydrogen) atoms. The molecule has 2 rings (SSSR count). The van der Waals surface area contributed by atoms with Crippen molar-refractivity contribution in [1.82, 2.24) is 10.6 Å². The quantitative estimate of drug-likeness (QED) is 0.589. The average Bonchev–Trinajstić information content (AvgIpc) is 2.74. The molecule has 92 valence electrons. The highest BCUT2D eigenvalue weighted by atomic mass is 16.7. The van der Waals surface area contributed by atoms with Crippen LogP contribution in [0.25, 0.3) is 0 Å². The number of aliphatic imine (C=N–C) groups is 4. The predicted molar refractivity (Wildman–Crippen MR) is 64.0 cm³/mol. The van der Waals surface area contributed by atoms with Gasteiger partial charge in [0, 0.05) is 12.4 Å². The zero-order chi connectivity index (χ0) is 12.6. The third-order valence-corrected chi connectivity index (χ3v) is 1.57. The molecule has 0 aromatic heterocycles. The average molecular weight is 248 g/mol. The van der Waals surface area contributed by atoms with E-state index < -0.39 is 6.16 Å². The first kappa shape index (κ1) is 11.5. The van der Waals surface area contributed by atoms with E-state index in [0.717, 1.165) is 0 Å². The maximum Gasteiger partial charge on any atom is 0.524 e. The predicted octanol–water partition coefficient (Wildman–Crippen LogP) is 0.0570. The molecule has 0 unspecified atom stereocenters. The number of hydrogen-bond donors (Lipinski definition) is 2. The van der Waals surface area contributed by atoms with E-state index in [1.54, 1.807) is 0 Å². The zero-order valence-electron chi connectivity index (χ0n) is 8.98. The Balaban J connectivity index is 1.89. The summed E-state index contributed by atoms with van der Waals surface area (Å²) in [6.07, 6.45) is 7.18. The topological polar surface area (TPSA) is 109 Å². The minimum absolute atomic E-state index is 0.0593. The van der Waals surface area contributed by atoms with Crippen LogP contribution in [-0.2, 0) is 9.47 Å². The van der Waals surface area contributed by atoms with Crippen molar-refractivity contribution in [2.24, 2.45) is 20.0 Å². The lowest BCUT2D eigenvalue weighted by atomic mass is 10.9. The Labute approximate surface area is 101 Å². The number of nitrogens with zero attached hydrogens (tertiary/aromatic N) is 4. The van der Waals surface area contributed by atoms with E-state index in [1.807, 2.05) is 0 Å². The Bertz CT molecular complexity index is 458. The van der Waals surface area contributed by atoms with Crippen LogP contribution in [0.1, 0.15) is 0 Å². The highest BCUT2D eigenvalue weighted by molar-refractivity contribution is 5.97. The Hall–Kier alpha value is -2.97. The lowest BCUT2D eigenvalue weighted by Crippen LogP contribution is -2.31. The van der Waals surface area contributed by atoms with Crippen molar-refractivity contribution in [2.75, 3.05) is 0 Å². The molecule has 0 saturated carbocycles. The Morgan fingerprint density at radius 2 is 1.39 bits per heavy atom. The van der Waals surface area contributed by atoms with Gasteiger partial charge in [0.05, 0.1) is 25.1 Å². The van der Waals surface area contributed by atoms with Gasteiger partial charge in [-0.3, -0.25) is 10.6 Å².